The van der Waals surface area contributed by atoms with Crippen molar-refractivity contribution in [1.82, 2.24) is 10.2 Å². The van der Waals surface area contributed by atoms with Crippen LogP contribution in [0.1, 0.15) is 42.0 Å². The van der Waals surface area contributed by atoms with Gasteiger partial charge < -0.3 is 29.7 Å². The number of hydrogen-bond donors (Lipinski definition) is 2. The van der Waals surface area contributed by atoms with Gasteiger partial charge in [0, 0.05) is 36.3 Å². The van der Waals surface area contributed by atoms with E-state index in [1.165, 1.54) is 4.90 Å². The smallest absolute Gasteiger partial charge is 0.306 e. The Morgan fingerprint density at radius 3 is 2.46 bits per heavy atom. The van der Waals surface area contributed by atoms with E-state index < -0.39 is 47.5 Å². The largest absolute Gasteiger partial charge is 0.463 e. The number of carbonyl (C=O) groups is 4. The van der Waals surface area contributed by atoms with Crippen LogP contribution in [0.2, 0.25) is 0 Å². The fourth-order valence-electron chi connectivity index (χ4n) is 7.37. The predicted octanol–water partition coefficient (Wildman–Crippen LogP) is 3.64. The highest BCUT2D eigenvalue weighted by molar-refractivity contribution is 9.11. The average molecular weight is 693 g/mol. The van der Waals surface area contributed by atoms with E-state index in [1.54, 1.807) is 11.0 Å². The molecule has 0 aliphatic carbocycles. The number of allylic oxidation sites excluding steroid dienone is 1. The summed E-state index contributed by atoms with van der Waals surface area (Å²) in [4.78, 5) is 59.5. The van der Waals surface area contributed by atoms with Gasteiger partial charge in [0.15, 0.2) is 0 Å². The normalized spacial score (nSPS) is 30.6. The number of ether oxygens (including phenoxy) is 2. The number of para-hydroxylation sites is 1. The zero-order valence-electron chi connectivity index (χ0n) is 25.9. The number of halogens is 1. The van der Waals surface area contributed by atoms with Crippen molar-refractivity contribution >= 4 is 45.3 Å². The molecule has 2 fully saturated rings. The second-order valence-electron chi connectivity index (χ2n) is 12.3. The summed E-state index contributed by atoms with van der Waals surface area (Å²) in [6, 6.07) is 13.3. The van der Waals surface area contributed by atoms with E-state index in [-0.39, 0.29) is 51.0 Å². The Labute approximate surface area is 276 Å². The number of fused-ring (bicyclic) bond motifs is 2. The number of nitrogens with zero attached hydrogens (tertiary/aromatic N) is 2. The van der Waals surface area contributed by atoms with Gasteiger partial charge in [0.25, 0.3) is 5.91 Å². The summed E-state index contributed by atoms with van der Waals surface area (Å²) in [5, 5.41) is 12.8. The van der Waals surface area contributed by atoms with Gasteiger partial charge in [0.2, 0.25) is 11.8 Å². The number of aryl methyl sites for hydroxylation is 2. The van der Waals surface area contributed by atoms with E-state index >= 15 is 0 Å². The third kappa shape index (κ3) is 5.58. The van der Waals surface area contributed by atoms with Crippen LogP contribution in [0.25, 0.3) is 0 Å². The first-order chi connectivity index (χ1) is 22.2. The fourth-order valence-corrected chi connectivity index (χ4v) is 8.10. The van der Waals surface area contributed by atoms with E-state index in [4.69, 9.17) is 9.47 Å². The van der Waals surface area contributed by atoms with Crippen LogP contribution in [0.5, 0.6) is 0 Å². The van der Waals surface area contributed by atoms with Gasteiger partial charge in [-0.05, 0) is 49.5 Å². The Morgan fingerprint density at radius 1 is 1.00 bits per heavy atom. The number of likely N-dealkylation sites (tertiary alicyclic amines) is 1. The van der Waals surface area contributed by atoms with Gasteiger partial charge in [-0.2, -0.15) is 0 Å². The molecule has 6 atom stereocenters. The van der Waals surface area contributed by atoms with E-state index in [0.717, 1.165) is 22.4 Å². The number of hydrogen-bond acceptors (Lipinski definition) is 7. The van der Waals surface area contributed by atoms with Crippen molar-refractivity contribution in [2.45, 2.75) is 56.9 Å². The summed E-state index contributed by atoms with van der Waals surface area (Å²) in [5.41, 5.74) is 1.83. The molecule has 0 radical (unpaired) electrons. The average Bonchev–Trinajstić information content (AvgIpc) is 3.63. The minimum Gasteiger partial charge on any atom is -0.463 e. The van der Waals surface area contributed by atoms with Gasteiger partial charge in [0.05, 0.1) is 17.9 Å². The Kier molecular flexibility index (Phi) is 9.18. The lowest BCUT2D eigenvalue weighted by atomic mass is 9.74. The lowest BCUT2D eigenvalue weighted by molar-refractivity contribution is -0.145. The summed E-state index contributed by atoms with van der Waals surface area (Å²) >= 11 is 3.60. The third-order valence-electron chi connectivity index (χ3n) is 9.39. The van der Waals surface area contributed by atoms with Gasteiger partial charge in [-0.3, -0.25) is 19.2 Å². The second-order valence-corrected chi connectivity index (χ2v) is 13.2. The number of nitrogens with one attached hydrogen (secondary N) is 1. The number of aliphatic hydroxyl groups excluding tert-OH is 1. The quantitative estimate of drug-likeness (QED) is 0.362. The topological polar surface area (TPSA) is 125 Å². The predicted molar refractivity (Wildman–Crippen MR) is 174 cm³/mol. The van der Waals surface area contributed by atoms with Gasteiger partial charge in [0.1, 0.15) is 24.4 Å². The number of cyclic esters (lactones) is 1. The first-order valence-corrected chi connectivity index (χ1v) is 16.5. The standard InChI is InChI=1S/C35H38BrN3O7/c1-21-11-9-12-22(2)29(21)38-16-8-4-7-15-26(41)45-20-25(23-13-5-3-6-14-23)37-32(42)27-28-33(43)39(17-10-18-40)31(34(38)44)35(28)19-24(36)30(27)46-35/h3-6,8-9,11-14,19,25,27-28,30-31,40H,7,10,15-18,20H2,1-2H3,(H,37,42)/b8-4-/t25-,27-,28+,30-,31-,35+/m0/s1. The molecule has 2 N–H and O–H groups in total. The van der Waals surface area contributed by atoms with Crippen LogP contribution in [0.3, 0.4) is 0 Å². The van der Waals surface area contributed by atoms with E-state index in [9.17, 15) is 24.3 Å². The van der Waals surface area contributed by atoms with Gasteiger partial charge in [-0.15, -0.1) is 0 Å². The van der Waals surface area contributed by atoms with E-state index in [1.807, 2.05) is 74.5 Å². The zero-order chi connectivity index (χ0) is 32.6. The molecule has 4 aliphatic heterocycles. The van der Waals surface area contributed by atoms with Gasteiger partial charge in [-0.1, -0.05) is 76.6 Å². The van der Waals surface area contributed by atoms with Crippen LogP contribution >= 0.6 is 15.9 Å². The number of amides is 3. The summed E-state index contributed by atoms with van der Waals surface area (Å²) in [6.07, 6.45) is 5.49. The highest BCUT2D eigenvalue weighted by atomic mass is 79.9. The first-order valence-electron chi connectivity index (χ1n) is 15.7. The lowest BCUT2D eigenvalue weighted by Crippen LogP contribution is -2.56. The maximum atomic E-state index is 15.0. The zero-order valence-corrected chi connectivity index (χ0v) is 27.4. The number of aliphatic hydroxyl groups is 1. The third-order valence-corrected chi connectivity index (χ3v) is 10.1. The molecule has 5 bridgehead atoms. The number of esters is 1. The Balaban J connectivity index is 1.47. The van der Waals surface area contributed by atoms with E-state index in [2.05, 4.69) is 21.2 Å². The Hall–Kier alpha value is -3.80. The van der Waals surface area contributed by atoms with Crippen molar-refractivity contribution in [2.24, 2.45) is 11.8 Å². The van der Waals surface area contributed by atoms with Crippen molar-refractivity contribution in [2.75, 3.05) is 31.2 Å². The van der Waals surface area contributed by atoms with Crippen molar-refractivity contribution in [3.8, 4) is 0 Å². The number of carbonyl (C=O) groups excluding carboxylic acids is 4. The Bertz CT molecular complexity index is 1570. The molecule has 1 spiro atoms. The minimum atomic E-state index is -1.41. The summed E-state index contributed by atoms with van der Waals surface area (Å²) in [6.45, 7) is 3.92. The Morgan fingerprint density at radius 2 is 1.74 bits per heavy atom. The molecule has 11 heteroatoms. The summed E-state index contributed by atoms with van der Waals surface area (Å²) in [5.74, 6) is -3.49. The van der Waals surface area contributed by atoms with Crippen LogP contribution in [0.15, 0.2) is 71.2 Å². The minimum absolute atomic E-state index is 0.0820. The lowest BCUT2D eigenvalue weighted by Gasteiger charge is -2.36. The molecule has 4 heterocycles. The summed E-state index contributed by atoms with van der Waals surface area (Å²) in [7, 11) is 0. The summed E-state index contributed by atoms with van der Waals surface area (Å²) < 4.78 is 12.8. The number of benzene rings is 2. The maximum absolute atomic E-state index is 15.0. The van der Waals surface area contributed by atoms with Gasteiger partial charge >= 0.3 is 5.97 Å². The second kappa shape index (κ2) is 13.1. The van der Waals surface area contributed by atoms with Crippen LogP contribution < -0.4 is 10.2 Å². The van der Waals surface area contributed by atoms with Crippen LogP contribution in [-0.4, -0.2) is 77.7 Å². The molecule has 2 aromatic rings. The SMILES string of the molecule is Cc1cccc(C)c1N1C/C=C\CCC(=O)OC[C@@H](c2ccccc2)NC(=O)[C@@H]2[C@H]3O[C@@]4(C=C3Br)[C@H](C1=O)N(CCCO)C(=O)[C@@H]24. The molecule has 3 amide bonds. The van der Waals surface area contributed by atoms with Crippen molar-refractivity contribution in [3.05, 3.63) is 87.9 Å². The highest BCUT2D eigenvalue weighted by Gasteiger charge is 2.74. The van der Waals surface area contributed by atoms with E-state index in [0.29, 0.717) is 10.9 Å². The van der Waals surface area contributed by atoms with Crippen LogP contribution in [-0.2, 0) is 28.7 Å². The molecule has 242 valence electrons. The van der Waals surface area contributed by atoms with Gasteiger partial charge in [-0.25, -0.2) is 0 Å². The highest BCUT2D eigenvalue weighted by Crippen LogP contribution is 2.58. The van der Waals surface area contributed by atoms with Crippen molar-refractivity contribution in [3.63, 3.8) is 0 Å². The molecule has 0 unspecified atom stereocenters. The van der Waals surface area contributed by atoms with Crippen LogP contribution in [0.4, 0.5) is 5.69 Å². The van der Waals surface area contributed by atoms with Crippen molar-refractivity contribution < 1.29 is 33.8 Å². The molecule has 0 aromatic heterocycles. The molecule has 46 heavy (non-hydrogen) atoms. The molecule has 0 saturated carbocycles. The number of anilines is 1. The van der Waals surface area contributed by atoms with Crippen LogP contribution in [0, 0.1) is 25.7 Å². The molecule has 2 aromatic carbocycles. The molecule has 10 nitrogen and oxygen atoms in total. The monoisotopic (exact) mass is 691 g/mol. The molecule has 6 rings (SSSR count). The van der Waals surface area contributed by atoms with Crippen molar-refractivity contribution in [1.29, 1.82) is 0 Å². The first kappa shape index (κ1) is 32.2. The maximum Gasteiger partial charge on any atom is 0.306 e. The number of rotatable bonds is 5. The molecule has 4 aliphatic rings. The molecule has 2 saturated heterocycles. The molecular weight excluding hydrogens is 654 g/mol. The molecular formula is C35H38BrN3O7. The fraction of sp³-hybridized carbons (Fsp3) is 0.429.